The van der Waals surface area contributed by atoms with E-state index < -0.39 is 0 Å². The van der Waals surface area contributed by atoms with Crippen molar-refractivity contribution < 1.29 is 14.3 Å². The van der Waals surface area contributed by atoms with Gasteiger partial charge in [-0.25, -0.2) is 9.67 Å². The van der Waals surface area contributed by atoms with Crippen molar-refractivity contribution in [2.24, 2.45) is 5.92 Å². The molecular weight excluding hydrogens is 466 g/mol. The summed E-state index contributed by atoms with van der Waals surface area (Å²) in [7, 11) is 0. The number of aromatic nitrogens is 4. The normalized spacial score (nSPS) is 18.1. The second-order valence-corrected chi connectivity index (χ2v) is 10.2. The number of ether oxygens (including phenoxy) is 1. The number of rotatable bonds is 5. The van der Waals surface area contributed by atoms with Gasteiger partial charge >= 0.3 is 5.97 Å². The zero-order chi connectivity index (χ0) is 24.7. The number of amides is 1. The third kappa shape index (κ3) is 4.35. The van der Waals surface area contributed by atoms with Gasteiger partial charge in [-0.2, -0.15) is 5.10 Å². The molecule has 3 aromatic rings. The lowest BCUT2D eigenvalue weighted by Crippen LogP contribution is -2.41. The minimum absolute atomic E-state index is 0.00345. The number of hydrogen-bond donors (Lipinski definition) is 0. The zero-order valence-electron chi connectivity index (χ0n) is 20.2. The maximum absolute atomic E-state index is 13.4. The van der Waals surface area contributed by atoms with Crippen LogP contribution in [0.5, 0.6) is 0 Å². The number of hydrogen-bond acceptors (Lipinski definition) is 7. The van der Waals surface area contributed by atoms with E-state index in [2.05, 4.69) is 11.2 Å². The van der Waals surface area contributed by atoms with Crippen LogP contribution >= 0.6 is 11.8 Å². The molecule has 0 spiro atoms. The number of nitrogens with zero attached hydrogens (tertiary/aromatic N) is 5. The minimum atomic E-state index is -0.251. The number of carbonyl (C=O) groups is 2. The first-order chi connectivity index (χ1) is 16.9. The quantitative estimate of drug-likeness (QED) is 0.396. The van der Waals surface area contributed by atoms with Crippen molar-refractivity contribution >= 4 is 34.7 Å². The average Bonchev–Trinajstić information content (AvgIpc) is 3.44. The first kappa shape index (κ1) is 23.6. The molecule has 0 saturated carbocycles. The Morgan fingerprint density at radius 3 is 2.69 bits per heavy atom. The summed E-state index contributed by atoms with van der Waals surface area (Å²) < 4.78 is 8.50. The molecule has 0 N–H and O–H groups in total. The van der Waals surface area contributed by atoms with Gasteiger partial charge in [-0.3, -0.25) is 19.0 Å². The van der Waals surface area contributed by atoms with E-state index in [-0.39, 0.29) is 35.8 Å². The Morgan fingerprint density at radius 1 is 1.20 bits per heavy atom. The molecule has 1 fully saturated rings. The summed E-state index contributed by atoms with van der Waals surface area (Å²) in [4.78, 5) is 45.0. The largest absolute Gasteiger partial charge is 0.466 e. The Kier molecular flexibility index (Phi) is 6.39. The second kappa shape index (κ2) is 9.49. The summed E-state index contributed by atoms with van der Waals surface area (Å²) in [6.45, 7) is 7.29. The Bertz CT molecular complexity index is 1360. The van der Waals surface area contributed by atoms with Gasteiger partial charge in [-0.05, 0) is 45.2 Å². The van der Waals surface area contributed by atoms with Crippen LogP contribution in [-0.4, -0.2) is 61.6 Å². The fourth-order valence-electron chi connectivity index (χ4n) is 4.96. The molecule has 9 nitrogen and oxygen atoms in total. The average molecular weight is 496 g/mol. The molecule has 2 aliphatic rings. The monoisotopic (exact) mass is 495 g/mol. The summed E-state index contributed by atoms with van der Waals surface area (Å²) in [6.07, 6.45) is 3.03. The van der Waals surface area contributed by atoms with E-state index in [1.807, 2.05) is 26.0 Å². The van der Waals surface area contributed by atoms with E-state index >= 15 is 0 Å². The predicted molar refractivity (Wildman–Crippen MR) is 133 cm³/mol. The minimum Gasteiger partial charge on any atom is -0.466 e. The van der Waals surface area contributed by atoms with Crippen LogP contribution in [-0.2, 0) is 14.3 Å². The molecule has 1 atom stereocenters. The van der Waals surface area contributed by atoms with Crippen molar-refractivity contribution in [3.8, 4) is 5.69 Å². The topological polar surface area (TPSA) is 99.3 Å². The van der Waals surface area contributed by atoms with E-state index in [1.54, 1.807) is 27.3 Å². The predicted octanol–water partition coefficient (Wildman–Crippen LogP) is 3.04. The fourth-order valence-corrected chi connectivity index (χ4v) is 6.09. The molecule has 35 heavy (non-hydrogen) atoms. The van der Waals surface area contributed by atoms with Gasteiger partial charge < -0.3 is 9.64 Å². The molecule has 1 amide bonds. The molecule has 0 radical (unpaired) electrons. The summed E-state index contributed by atoms with van der Waals surface area (Å²) >= 11 is 1.50. The van der Waals surface area contributed by atoms with Crippen LogP contribution in [0.1, 0.15) is 43.4 Å². The van der Waals surface area contributed by atoms with Gasteiger partial charge in [0.05, 0.1) is 30.5 Å². The highest BCUT2D eigenvalue weighted by molar-refractivity contribution is 7.99. The molecule has 1 unspecified atom stereocenters. The fraction of sp³-hybridized carbons (Fsp3) is 0.480. The summed E-state index contributed by atoms with van der Waals surface area (Å²) in [5, 5.41) is 5.54. The van der Waals surface area contributed by atoms with Gasteiger partial charge in [0.25, 0.3) is 5.56 Å². The van der Waals surface area contributed by atoms with Crippen molar-refractivity contribution in [1.29, 1.82) is 0 Å². The van der Waals surface area contributed by atoms with Gasteiger partial charge in [0, 0.05) is 25.3 Å². The number of esters is 1. The summed E-state index contributed by atoms with van der Waals surface area (Å²) in [6, 6.07) is 5.83. The van der Waals surface area contributed by atoms with Gasteiger partial charge in [0.1, 0.15) is 5.39 Å². The lowest BCUT2D eigenvalue weighted by molar-refractivity contribution is -0.151. The first-order valence-corrected chi connectivity index (χ1v) is 13.0. The molecule has 4 heterocycles. The van der Waals surface area contributed by atoms with E-state index in [0.29, 0.717) is 54.5 Å². The van der Waals surface area contributed by atoms with Crippen LogP contribution in [0.25, 0.3) is 16.7 Å². The van der Waals surface area contributed by atoms with Crippen molar-refractivity contribution in [3.05, 3.63) is 45.9 Å². The smallest absolute Gasteiger partial charge is 0.309 e. The number of aryl methyl sites for hydroxylation is 2. The maximum atomic E-state index is 13.4. The molecule has 1 aromatic carbocycles. The van der Waals surface area contributed by atoms with E-state index in [4.69, 9.17) is 9.72 Å². The van der Waals surface area contributed by atoms with Gasteiger partial charge in [-0.15, -0.1) is 0 Å². The van der Waals surface area contributed by atoms with Crippen LogP contribution in [0.3, 0.4) is 0 Å². The van der Waals surface area contributed by atoms with Crippen molar-refractivity contribution in [1.82, 2.24) is 24.2 Å². The zero-order valence-corrected chi connectivity index (χ0v) is 21.0. The Balaban J connectivity index is 1.35. The Morgan fingerprint density at radius 2 is 1.97 bits per heavy atom. The molecule has 2 aromatic heterocycles. The summed E-state index contributed by atoms with van der Waals surface area (Å²) in [5.41, 5.74) is 3.48. The summed E-state index contributed by atoms with van der Waals surface area (Å²) in [5.74, 6) is 0.305. The number of benzene rings is 1. The molecule has 10 heteroatoms. The Hall–Kier alpha value is -3.14. The number of fused-ring (bicyclic) bond motifs is 2. The molecular formula is C25H29N5O4S. The SMILES string of the molecule is CCOC(=O)C1CCN(C(=O)CC2CSc3nc4c(cnn4-c4ccc(C)cc4C)c(=O)n32)CC1. The van der Waals surface area contributed by atoms with Gasteiger partial charge in [-0.1, -0.05) is 29.5 Å². The number of thioether (sulfide) groups is 1. The standard InChI is InChI=1S/C25H29N5O4S/c1-4-34-24(33)17-7-9-28(10-8-17)21(31)12-18-14-35-25-27-22-19(23(32)29(18)25)13-26-30(22)20-6-5-15(2)11-16(20)3/h5-6,11,13,17-18H,4,7-10,12,14H2,1-3H3. The van der Waals surface area contributed by atoms with Crippen LogP contribution in [0.4, 0.5) is 0 Å². The van der Waals surface area contributed by atoms with E-state index in [1.165, 1.54) is 11.8 Å². The Labute approximate surface area is 207 Å². The highest BCUT2D eigenvalue weighted by atomic mass is 32.2. The maximum Gasteiger partial charge on any atom is 0.309 e. The third-order valence-corrected chi connectivity index (χ3v) is 7.93. The molecule has 184 valence electrons. The second-order valence-electron chi connectivity index (χ2n) is 9.23. The van der Waals surface area contributed by atoms with Gasteiger partial charge in [0.2, 0.25) is 5.91 Å². The highest BCUT2D eigenvalue weighted by Gasteiger charge is 2.33. The molecule has 1 saturated heterocycles. The highest BCUT2D eigenvalue weighted by Crippen LogP contribution is 2.34. The molecule has 0 bridgehead atoms. The van der Waals surface area contributed by atoms with Crippen LogP contribution < -0.4 is 5.56 Å². The lowest BCUT2D eigenvalue weighted by Gasteiger charge is -2.31. The van der Waals surface area contributed by atoms with Gasteiger partial charge in [0.15, 0.2) is 10.8 Å². The van der Waals surface area contributed by atoms with Crippen molar-refractivity contribution in [2.75, 3.05) is 25.4 Å². The van der Waals surface area contributed by atoms with E-state index in [9.17, 15) is 14.4 Å². The molecule has 5 rings (SSSR count). The lowest BCUT2D eigenvalue weighted by atomic mass is 9.96. The first-order valence-electron chi connectivity index (χ1n) is 12.0. The van der Waals surface area contributed by atoms with Crippen molar-refractivity contribution in [3.63, 3.8) is 0 Å². The number of piperidine rings is 1. The third-order valence-electron chi connectivity index (χ3n) is 6.83. The van der Waals surface area contributed by atoms with E-state index in [0.717, 1.165) is 16.8 Å². The molecule has 2 aliphatic heterocycles. The van der Waals surface area contributed by atoms with Crippen LogP contribution in [0.2, 0.25) is 0 Å². The van der Waals surface area contributed by atoms with Crippen LogP contribution in [0.15, 0.2) is 34.3 Å². The molecule has 0 aliphatic carbocycles. The number of carbonyl (C=O) groups excluding carboxylic acids is 2. The van der Waals surface area contributed by atoms with Crippen molar-refractivity contribution in [2.45, 2.75) is 51.2 Å². The number of likely N-dealkylation sites (tertiary alicyclic amines) is 1. The van der Waals surface area contributed by atoms with Crippen LogP contribution in [0, 0.1) is 19.8 Å².